The maximum atomic E-state index is 11.7. The van der Waals surface area contributed by atoms with Crippen LogP contribution < -0.4 is 10.6 Å². The number of carbonyl (C=O) groups excluding carboxylic acids is 2. The van der Waals surface area contributed by atoms with Crippen LogP contribution in [0.1, 0.15) is 19.8 Å². The van der Waals surface area contributed by atoms with Gasteiger partial charge in [-0.05, 0) is 32.9 Å². The van der Waals surface area contributed by atoms with Crippen LogP contribution in [0.2, 0.25) is 0 Å². The van der Waals surface area contributed by atoms with Crippen molar-refractivity contribution in [1.29, 1.82) is 0 Å². The molecule has 0 aliphatic carbocycles. The van der Waals surface area contributed by atoms with Crippen molar-refractivity contribution in [2.45, 2.75) is 31.8 Å². The van der Waals surface area contributed by atoms with Crippen molar-refractivity contribution >= 4 is 11.8 Å². The van der Waals surface area contributed by atoms with Crippen LogP contribution in [0.3, 0.4) is 0 Å². The lowest BCUT2D eigenvalue weighted by molar-refractivity contribution is -0.148. The van der Waals surface area contributed by atoms with Gasteiger partial charge in [-0.25, -0.2) is 0 Å². The lowest BCUT2D eigenvalue weighted by atomic mass is 10.0. The Kier molecular flexibility index (Phi) is 2.90. The highest BCUT2D eigenvalue weighted by Crippen LogP contribution is 2.17. The molecule has 2 N–H and O–H groups in total. The molecular formula is C10H17N3O2. The smallest absolute Gasteiger partial charge is 0.242 e. The summed E-state index contributed by atoms with van der Waals surface area (Å²) in [6.45, 7) is 3.83. The second kappa shape index (κ2) is 4.18. The number of hydrogen-bond donors (Lipinski definition) is 2. The largest absolute Gasteiger partial charge is 0.345 e. The van der Waals surface area contributed by atoms with E-state index in [0.29, 0.717) is 0 Å². The van der Waals surface area contributed by atoms with Crippen LogP contribution in [0.5, 0.6) is 0 Å². The molecule has 2 saturated heterocycles. The van der Waals surface area contributed by atoms with Crippen LogP contribution in [0.25, 0.3) is 0 Å². The van der Waals surface area contributed by atoms with E-state index in [4.69, 9.17) is 0 Å². The van der Waals surface area contributed by atoms with Gasteiger partial charge in [0.05, 0.1) is 6.54 Å². The van der Waals surface area contributed by atoms with E-state index in [9.17, 15) is 9.59 Å². The number of piperazine rings is 1. The van der Waals surface area contributed by atoms with E-state index in [0.717, 1.165) is 25.9 Å². The zero-order valence-corrected chi connectivity index (χ0v) is 8.95. The molecule has 0 spiro atoms. The Labute approximate surface area is 89.2 Å². The van der Waals surface area contributed by atoms with Crippen molar-refractivity contribution < 1.29 is 9.59 Å². The minimum atomic E-state index is -0.311. The average molecular weight is 211 g/mol. The third-order valence-electron chi connectivity index (χ3n) is 3.20. The summed E-state index contributed by atoms with van der Waals surface area (Å²) in [7, 11) is 0. The molecule has 0 aromatic rings. The Morgan fingerprint density at radius 2 is 1.93 bits per heavy atom. The fourth-order valence-electron chi connectivity index (χ4n) is 2.35. The molecule has 2 rings (SSSR count). The Hall–Kier alpha value is -1.10. The maximum absolute atomic E-state index is 11.7. The number of piperidine rings is 1. The molecule has 2 aliphatic heterocycles. The van der Waals surface area contributed by atoms with Gasteiger partial charge in [-0.2, -0.15) is 0 Å². The molecule has 2 aliphatic rings. The summed E-state index contributed by atoms with van der Waals surface area (Å²) in [6.07, 6.45) is 1.90. The van der Waals surface area contributed by atoms with Gasteiger partial charge in [0.25, 0.3) is 0 Å². The van der Waals surface area contributed by atoms with Gasteiger partial charge < -0.3 is 15.5 Å². The molecular weight excluding hydrogens is 194 g/mol. The van der Waals surface area contributed by atoms with Crippen molar-refractivity contribution in [2.75, 3.05) is 19.6 Å². The first-order valence-corrected chi connectivity index (χ1v) is 5.49. The van der Waals surface area contributed by atoms with Crippen LogP contribution in [-0.4, -0.2) is 48.4 Å². The van der Waals surface area contributed by atoms with Crippen molar-refractivity contribution in [3.05, 3.63) is 0 Å². The molecule has 0 bridgehead atoms. The van der Waals surface area contributed by atoms with Gasteiger partial charge in [-0.3, -0.25) is 9.59 Å². The van der Waals surface area contributed by atoms with Crippen LogP contribution in [0.4, 0.5) is 0 Å². The Bertz CT molecular complexity index is 274. The molecule has 15 heavy (non-hydrogen) atoms. The third-order valence-corrected chi connectivity index (χ3v) is 3.20. The predicted molar refractivity (Wildman–Crippen MR) is 55.2 cm³/mol. The summed E-state index contributed by atoms with van der Waals surface area (Å²) in [5.74, 6) is 0.0159. The van der Waals surface area contributed by atoms with Crippen LogP contribution in [-0.2, 0) is 9.59 Å². The van der Waals surface area contributed by atoms with Crippen LogP contribution >= 0.6 is 0 Å². The molecule has 0 aromatic heterocycles. The number of rotatable bonds is 1. The van der Waals surface area contributed by atoms with Gasteiger partial charge in [-0.1, -0.05) is 0 Å². The van der Waals surface area contributed by atoms with Crippen molar-refractivity contribution in [3.63, 3.8) is 0 Å². The van der Waals surface area contributed by atoms with E-state index in [1.54, 1.807) is 11.8 Å². The average Bonchev–Trinajstić information content (AvgIpc) is 2.26. The van der Waals surface area contributed by atoms with Gasteiger partial charge in [0.1, 0.15) is 6.04 Å². The third kappa shape index (κ3) is 1.97. The SMILES string of the molecule is CC1C(=O)NCC(=O)N1C1CCNCC1. The first-order chi connectivity index (χ1) is 7.20. The number of nitrogens with one attached hydrogen (secondary N) is 2. The van der Waals surface area contributed by atoms with E-state index in [1.807, 2.05) is 0 Å². The van der Waals surface area contributed by atoms with E-state index in [1.165, 1.54) is 0 Å². The van der Waals surface area contributed by atoms with Crippen LogP contribution in [0.15, 0.2) is 0 Å². The fraction of sp³-hybridized carbons (Fsp3) is 0.800. The molecule has 2 heterocycles. The molecule has 2 amide bonds. The Balaban J connectivity index is 2.09. The molecule has 1 atom stereocenters. The highest BCUT2D eigenvalue weighted by atomic mass is 16.2. The minimum absolute atomic E-state index is 0.0341. The zero-order chi connectivity index (χ0) is 10.8. The number of amides is 2. The fourth-order valence-corrected chi connectivity index (χ4v) is 2.35. The number of carbonyl (C=O) groups is 2. The van der Waals surface area contributed by atoms with Crippen molar-refractivity contribution in [1.82, 2.24) is 15.5 Å². The highest BCUT2D eigenvalue weighted by Gasteiger charge is 2.36. The maximum Gasteiger partial charge on any atom is 0.242 e. The van der Waals surface area contributed by atoms with E-state index in [-0.39, 0.29) is 30.4 Å². The highest BCUT2D eigenvalue weighted by molar-refractivity contribution is 5.94. The van der Waals surface area contributed by atoms with Gasteiger partial charge in [-0.15, -0.1) is 0 Å². The molecule has 5 heteroatoms. The molecule has 1 unspecified atom stereocenters. The topological polar surface area (TPSA) is 61.4 Å². The lowest BCUT2D eigenvalue weighted by Gasteiger charge is -2.40. The normalized spacial score (nSPS) is 29.1. The second-order valence-corrected chi connectivity index (χ2v) is 4.18. The molecule has 0 radical (unpaired) electrons. The predicted octanol–water partition coefficient (Wildman–Crippen LogP) is -0.915. The summed E-state index contributed by atoms with van der Waals surface area (Å²) in [4.78, 5) is 25.0. The van der Waals surface area contributed by atoms with Crippen molar-refractivity contribution in [2.24, 2.45) is 0 Å². The first-order valence-electron chi connectivity index (χ1n) is 5.49. The van der Waals surface area contributed by atoms with Crippen molar-refractivity contribution in [3.8, 4) is 0 Å². The number of nitrogens with zero attached hydrogens (tertiary/aromatic N) is 1. The van der Waals surface area contributed by atoms with Gasteiger partial charge in [0.2, 0.25) is 11.8 Å². The summed E-state index contributed by atoms with van der Waals surface area (Å²) in [5, 5.41) is 5.86. The molecule has 0 aromatic carbocycles. The second-order valence-electron chi connectivity index (χ2n) is 4.18. The summed E-state index contributed by atoms with van der Waals surface area (Å²) < 4.78 is 0. The Morgan fingerprint density at radius 1 is 1.27 bits per heavy atom. The van der Waals surface area contributed by atoms with Gasteiger partial charge in [0.15, 0.2) is 0 Å². The zero-order valence-electron chi connectivity index (χ0n) is 8.95. The monoisotopic (exact) mass is 211 g/mol. The minimum Gasteiger partial charge on any atom is -0.345 e. The summed E-state index contributed by atoms with van der Waals surface area (Å²) in [6, 6.07) is -0.0749. The molecule has 0 saturated carbocycles. The number of hydrogen-bond acceptors (Lipinski definition) is 3. The van der Waals surface area contributed by atoms with E-state index >= 15 is 0 Å². The lowest BCUT2D eigenvalue weighted by Crippen LogP contribution is -2.61. The summed E-state index contributed by atoms with van der Waals surface area (Å²) in [5.41, 5.74) is 0. The van der Waals surface area contributed by atoms with Crippen LogP contribution in [0, 0.1) is 0 Å². The standard InChI is InChI=1S/C10H17N3O2/c1-7-10(15)12-6-9(14)13(7)8-2-4-11-5-3-8/h7-8,11H,2-6H2,1H3,(H,12,15). The first kappa shape index (κ1) is 10.4. The quantitative estimate of drug-likeness (QED) is 0.590. The van der Waals surface area contributed by atoms with E-state index < -0.39 is 0 Å². The Morgan fingerprint density at radius 3 is 2.60 bits per heavy atom. The molecule has 84 valence electrons. The summed E-state index contributed by atoms with van der Waals surface area (Å²) >= 11 is 0. The molecule has 5 nitrogen and oxygen atoms in total. The van der Waals surface area contributed by atoms with Gasteiger partial charge in [0, 0.05) is 6.04 Å². The van der Waals surface area contributed by atoms with Gasteiger partial charge >= 0.3 is 0 Å². The molecule has 2 fully saturated rings. The van der Waals surface area contributed by atoms with E-state index in [2.05, 4.69) is 10.6 Å².